The quantitative estimate of drug-likeness (QED) is 0.475. The van der Waals surface area contributed by atoms with Crippen LogP contribution in [-0.2, 0) is 26.7 Å². The first kappa shape index (κ1) is 16.8. The van der Waals surface area contributed by atoms with Crippen molar-refractivity contribution in [2.75, 3.05) is 0 Å². The van der Waals surface area contributed by atoms with E-state index >= 15 is 0 Å². The Morgan fingerprint density at radius 2 is 1.30 bits per heavy atom. The number of carbonyl (C=O) groups is 2. The molecule has 56 valence electrons. The molecular weight excluding hydrogens is 191 g/mol. The van der Waals surface area contributed by atoms with Crippen molar-refractivity contribution in [3.05, 3.63) is 0 Å². The molecule has 0 rings (SSSR count). The monoisotopic (exact) mass is 198 g/mol. The number of carboxylic acid groups (broad SMARTS) is 2. The van der Waals surface area contributed by atoms with Crippen LogP contribution in [0, 0.1) is 0 Å². The maximum Gasteiger partial charge on any atom is 1.00 e. The van der Waals surface area contributed by atoms with Gasteiger partial charge in [0.05, 0.1) is 12.8 Å². The smallest absolute Gasteiger partial charge is 1.00 e. The van der Waals surface area contributed by atoms with Crippen LogP contribution in [0.4, 0.5) is 0 Å². The van der Waals surface area contributed by atoms with E-state index in [-0.39, 0.29) is 60.9 Å². The van der Waals surface area contributed by atoms with Crippen molar-refractivity contribution >= 4 is 11.9 Å². The van der Waals surface area contributed by atoms with Crippen molar-refractivity contribution in [1.82, 2.24) is 0 Å². The summed E-state index contributed by atoms with van der Waals surface area (Å²) in [6.07, 6.45) is -0.593. The van der Waals surface area contributed by atoms with Gasteiger partial charge in [-0.05, 0) is 0 Å². The molecule has 0 saturated heterocycles. The Balaban J connectivity index is -0.0000000817. The standard InChI is InChI=1S/C4H6O4.Fe.Na.H/c5-3(6)1-2-4(7)8;;;/h1-2H2,(H,5,6)(H,7,8);;;/q;;+1;-1. The summed E-state index contributed by atoms with van der Waals surface area (Å²) in [4.78, 5) is 19.3. The average Bonchev–Trinajstić information content (AvgIpc) is 1.61. The van der Waals surface area contributed by atoms with Crippen molar-refractivity contribution in [3.63, 3.8) is 0 Å². The third-order valence-electron chi connectivity index (χ3n) is 0.553. The molecule has 0 aromatic heterocycles. The molecule has 0 bridgehead atoms. The zero-order valence-corrected chi connectivity index (χ0v) is 8.58. The first-order valence-electron chi connectivity index (χ1n) is 2.06. The van der Waals surface area contributed by atoms with E-state index in [1.54, 1.807) is 0 Å². The Morgan fingerprint density at radius 1 is 1.10 bits per heavy atom. The fourth-order valence-electron chi connectivity index (χ4n) is 0.214. The number of carboxylic acids is 2. The second-order valence-electron chi connectivity index (χ2n) is 1.29. The van der Waals surface area contributed by atoms with Gasteiger partial charge in [0.1, 0.15) is 0 Å². The number of hydrogen-bond acceptors (Lipinski definition) is 2. The van der Waals surface area contributed by atoms with E-state index in [0.29, 0.717) is 0 Å². The average molecular weight is 198 g/mol. The molecule has 0 aromatic carbocycles. The molecule has 0 radical (unpaired) electrons. The predicted octanol–water partition coefficient (Wildman–Crippen LogP) is -2.95. The van der Waals surface area contributed by atoms with E-state index in [9.17, 15) is 9.59 Å². The van der Waals surface area contributed by atoms with Crippen LogP contribution >= 0.6 is 0 Å². The summed E-state index contributed by atoms with van der Waals surface area (Å²) in [5.74, 6) is -2.15. The molecule has 0 aliphatic heterocycles. The van der Waals surface area contributed by atoms with Crippen LogP contribution < -0.4 is 29.6 Å². The molecule has 0 saturated carbocycles. The van der Waals surface area contributed by atoms with Crippen molar-refractivity contribution in [2.45, 2.75) is 12.8 Å². The second kappa shape index (κ2) is 9.46. The zero-order chi connectivity index (χ0) is 6.57. The molecule has 4 nitrogen and oxygen atoms in total. The van der Waals surface area contributed by atoms with Gasteiger partial charge in [0.25, 0.3) is 0 Å². The SMILES string of the molecule is O=C(O)CCC(=O)O.[Fe].[H-].[Na+]. The van der Waals surface area contributed by atoms with Gasteiger partial charge in [-0.25, -0.2) is 0 Å². The molecule has 0 amide bonds. The van der Waals surface area contributed by atoms with Gasteiger partial charge >= 0.3 is 41.5 Å². The summed E-state index contributed by atoms with van der Waals surface area (Å²) < 4.78 is 0. The van der Waals surface area contributed by atoms with Gasteiger partial charge in [0, 0.05) is 17.1 Å². The normalized spacial score (nSPS) is 6.80. The summed E-state index contributed by atoms with van der Waals surface area (Å²) in [5, 5.41) is 15.8. The molecule has 6 heteroatoms. The number of aliphatic carboxylic acids is 2. The first-order chi connectivity index (χ1) is 3.63. The van der Waals surface area contributed by atoms with Crippen molar-refractivity contribution in [2.24, 2.45) is 0 Å². The van der Waals surface area contributed by atoms with Gasteiger partial charge in [0.15, 0.2) is 0 Å². The first-order valence-corrected chi connectivity index (χ1v) is 2.06. The Kier molecular flexibility index (Phi) is 15.9. The summed E-state index contributed by atoms with van der Waals surface area (Å²) in [6.45, 7) is 0. The van der Waals surface area contributed by atoms with E-state index in [2.05, 4.69) is 0 Å². The molecule has 0 aliphatic carbocycles. The predicted molar refractivity (Wildman–Crippen MR) is 25.6 cm³/mol. The molecule has 0 unspecified atom stereocenters. The molecule has 0 fully saturated rings. The minimum atomic E-state index is -1.08. The molecule has 0 spiro atoms. The van der Waals surface area contributed by atoms with Crippen LogP contribution in [0.5, 0.6) is 0 Å². The Bertz CT molecular complexity index is 107. The van der Waals surface area contributed by atoms with Gasteiger partial charge in [-0.2, -0.15) is 0 Å². The Morgan fingerprint density at radius 3 is 1.40 bits per heavy atom. The summed E-state index contributed by atoms with van der Waals surface area (Å²) in [5.41, 5.74) is 0. The van der Waals surface area contributed by atoms with Gasteiger partial charge < -0.3 is 11.6 Å². The van der Waals surface area contributed by atoms with Crippen molar-refractivity contribution in [1.29, 1.82) is 0 Å². The van der Waals surface area contributed by atoms with Crippen LogP contribution in [0.2, 0.25) is 0 Å². The molecule has 0 atom stereocenters. The van der Waals surface area contributed by atoms with E-state index in [4.69, 9.17) is 10.2 Å². The number of hydrogen-bond donors (Lipinski definition) is 2. The van der Waals surface area contributed by atoms with Gasteiger partial charge in [0.2, 0.25) is 0 Å². The van der Waals surface area contributed by atoms with Crippen LogP contribution in [0.15, 0.2) is 0 Å². The maximum absolute atomic E-state index is 9.64. The molecular formula is C4H7FeNaO4. The van der Waals surface area contributed by atoms with E-state index in [0.717, 1.165) is 0 Å². The fraction of sp³-hybridized carbons (Fsp3) is 0.500. The summed E-state index contributed by atoms with van der Waals surface area (Å²) in [6, 6.07) is 0. The zero-order valence-electron chi connectivity index (χ0n) is 6.48. The van der Waals surface area contributed by atoms with Crippen LogP contribution in [-0.4, -0.2) is 22.2 Å². The Hall–Kier alpha value is 0.459. The molecule has 0 heterocycles. The largest absolute Gasteiger partial charge is 1.00 e. The summed E-state index contributed by atoms with van der Waals surface area (Å²) in [7, 11) is 0. The third-order valence-corrected chi connectivity index (χ3v) is 0.553. The summed E-state index contributed by atoms with van der Waals surface area (Å²) >= 11 is 0. The van der Waals surface area contributed by atoms with E-state index in [1.807, 2.05) is 0 Å². The molecule has 10 heavy (non-hydrogen) atoms. The van der Waals surface area contributed by atoms with Gasteiger partial charge in [-0.15, -0.1) is 0 Å². The van der Waals surface area contributed by atoms with E-state index in [1.165, 1.54) is 0 Å². The maximum atomic E-state index is 9.64. The second-order valence-corrected chi connectivity index (χ2v) is 1.29. The van der Waals surface area contributed by atoms with Crippen LogP contribution in [0.3, 0.4) is 0 Å². The van der Waals surface area contributed by atoms with Gasteiger partial charge in [-0.1, -0.05) is 0 Å². The van der Waals surface area contributed by atoms with Gasteiger partial charge in [-0.3, -0.25) is 9.59 Å². The number of rotatable bonds is 3. The Labute approximate surface area is 92.2 Å². The van der Waals surface area contributed by atoms with Crippen LogP contribution in [0.1, 0.15) is 14.3 Å². The van der Waals surface area contributed by atoms with Crippen molar-refractivity contribution in [3.8, 4) is 0 Å². The van der Waals surface area contributed by atoms with Crippen molar-refractivity contribution < 1.29 is 67.9 Å². The fourth-order valence-corrected chi connectivity index (χ4v) is 0.214. The molecule has 0 aromatic rings. The molecule has 0 aliphatic rings. The van der Waals surface area contributed by atoms with E-state index < -0.39 is 11.9 Å². The third kappa shape index (κ3) is 15.8. The topological polar surface area (TPSA) is 74.6 Å². The minimum Gasteiger partial charge on any atom is -1.00 e. The molecule has 2 N–H and O–H groups in total. The minimum absolute atomic E-state index is 0. The van der Waals surface area contributed by atoms with Crippen LogP contribution in [0.25, 0.3) is 0 Å².